The molecule has 0 bridgehead atoms. The minimum absolute atomic E-state index is 0.144. The number of halogens is 2. The van der Waals surface area contributed by atoms with E-state index in [1.54, 1.807) is 0 Å². The highest BCUT2D eigenvalue weighted by Crippen LogP contribution is 2.37. The zero-order valence-corrected chi connectivity index (χ0v) is 7.85. The Balaban J connectivity index is 2.55. The molecule has 0 saturated heterocycles. The van der Waals surface area contributed by atoms with Crippen LogP contribution in [0.3, 0.4) is 0 Å². The summed E-state index contributed by atoms with van der Waals surface area (Å²) in [5.41, 5.74) is 0.229. The number of carbonyl (C=O) groups is 1. The first-order chi connectivity index (χ1) is 6.18. The van der Waals surface area contributed by atoms with Gasteiger partial charge in [-0.2, -0.15) is 0 Å². The molecule has 3 nitrogen and oxygen atoms in total. The highest BCUT2D eigenvalue weighted by Gasteiger charge is 2.18. The predicted molar refractivity (Wildman–Crippen MR) is 47.8 cm³/mol. The molecule has 0 unspecified atom stereocenters. The molecule has 0 spiro atoms. The molecular formula is C8H4Cl2O3. The lowest BCUT2D eigenvalue weighted by molar-refractivity contribution is 0.108. The van der Waals surface area contributed by atoms with E-state index in [9.17, 15) is 4.79 Å². The van der Waals surface area contributed by atoms with Crippen LogP contribution in [0.1, 0.15) is 10.4 Å². The van der Waals surface area contributed by atoms with Crippen molar-refractivity contribution in [3.05, 3.63) is 22.7 Å². The van der Waals surface area contributed by atoms with Crippen molar-refractivity contribution in [3.63, 3.8) is 0 Å². The molecule has 0 amide bonds. The lowest BCUT2D eigenvalue weighted by Crippen LogP contribution is -1.93. The SMILES string of the molecule is O=C(Cl)c1cc2c(cc1Cl)OCO2. The molecule has 0 atom stereocenters. The van der Waals surface area contributed by atoms with Gasteiger partial charge in [0.25, 0.3) is 5.24 Å². The van der Waals surface area contributed by atoms with Gasteiger partial charge in [0, 0.05) is 6.07 Å². The molecule has 1 aliphatic rings. The second-order valence-corrected chi connectivity index (χ2v) is 3.21. The first-order valence-corrected chi connectivity index (χ1v) is 4.23. The molecule has 5 heteroatoms. The highest BCUT2D eigenvalue weighted by molar-refractivity contribution is 6.68. The molecule has 0 aromatic heterocycles. The van der Waals surface area contributed by atoms with Gasteiger partial charge in [0.2, 0.25) is 6.79 Å². The maximum atomic E-state index is 10.9. The second kappa shape index (κ2) is 3.09. The molecule has 1 heterocycles. The number of benzene rings is 1. The lowest BCUT2D eigenvalue weighted by atomic mass is 10.2. The van der Waals surface area contributed by atoms with Crippen molar-refractivity contribution >= 4 is 28.4 Å². The fraction of sp³-hybridized carbons (Fsp3) is 0.125. The van der Waals surface area contributed by atoms with E-state index in [4.69, 9.17) is 32.7 Å². The van der Waals surface area contributed by atoms with Gasteiger partial charge in [-0.1, -0.05) is 11.6 Å². The summed E-state index contributed by atoms with van der Waals surface area (Å²) in [5, 5.41) is -0.340. The molecule has 68 valence electrons. The van der Waals surface area contributed by atoms with Gasteiger partial charge in [-0.15, -0.1) is 0 Å². The summed E-state index contributed by atoms with van der Waals surface area (Å²) in [7, 11) is 0. The van der Waals surface area contributed by atoms with Gasteiger partial charge in [-0.05, 0) is 17.7 Å². The number of rotatable bonds is 1. The minimum Gasteiger partial charge on any atom is -0.454 e. The van der Waals surface area contributed by atoms with E-state index in [1.165, 1.54) is 12.1 Å². The number of carbonyl (C=O) groups excluding carboxylic acids is 1. The van der Waals surface area contributed by atoms with E-state index in [-0.39, 0.29) is 17.4 Å². The molecular weight excluding hydrogens is 215 g/mol. The lowest BCUT2D eigenvalue weighted by Gasteiger charge is -2.00. The third-order valence-electron chi connectivity index (χ3n) is 1.67. The quantitative estimate of drug-likeness (QED) is 0.680. The van der Waals surface area contributed by atoms with Gasteiger partial charge in [0.05, 0.1) is 10.6 Å². The normalized spacial score (nSPS) is 13.1. The predicted octanol–water partition coefficient (Wildman–Crippen LogP) is 2.45. The number of fused-ring (bicyclic) bond motifs is 1. The Labute approximate surface area is 84.2 Å². The van der Waals surface area contributed by atoms with Gasteiger partial charge in [0.15, 0.2) is 11.5 Å². The molecule has 13 heavy (non-hydrogen) atoms. The third-order valence-corrected chi connectivity index (χ3v) is 2.19. The molecule has 0 fully saturated rings. The Kier molecular flexibility index (Phi) is 2.06. The molecule has 1 aliphatic heterocycles. The van der Waals surface area contributed by atoms with Gasteiger partial charge < -0.3 is 9.47 Å². The summed E-state index contributed by atoms with van der Waals surface area (Å²) < 4.78 is 10.1. The van der Waals surface area contributed by atoms with Crippen LogP contribution in [0.2, 0.25) is 5.02 Å². The molecule has 0 N–H and O–H groups in total. The Morgan fingerprint density at radius 3 is 2.54 bits per heavy atom. The van der Waals surface area contributed by atoms with Crippen LogP contribution in [0.25, 0.3) is 0 Å². The number of hydrogen-bond donors (Lipinski definition) is 0. The van der Waals surface area contributed by atoms with Gasteiger partial charge in [-0.3, -0.25) is 4.79 Å². The van der Waals surface area contributed by atoms with E-state index in [2.05, 4.69) is 0 Å². The highest BCUT2D eigenvalue weighted by atomic mass is 35.5. The van der Waals surface area contributed by atoms with Crippen LogP contribution in [0.5, 0.6) is 11.5 Å². The van der Waals surface area contributed by atoms with E-state index >= 15 is 0 Å². The first-order valence-electron chi connectivity index (χ1n) is 3.47. The molecule has 2 rings (SSSR count). The Morgan fingerprint density at radius 2 is 1.92 bits per heavy atom. The van der Waals surface area contributed by atoms with Crippen LogP contribution in [0.15, 0.2) is 12.1 Å². The van der Waals surface area contributed by atoms with Crippen LogP contribution >= 0.6 is 23.2 Å². The maximum Gasteiger partial charge on any atom is 0.254 e. The van der Waals surface area contributed by atoms with E-state index in [0.717, 1.165) is 0 Å². The molecule has 1 aromatic carbocycles. The van der Waals surface area contributed by atoms with Gasteiger partial charge >= 0.3 is 0 Å². The summed E-state index contributed by atoms with van der Waals surface area (Å²) in [6, 6.07) is 2.99. The zero-order valence-electron chi connectivity index (χ0n) is 6.34. The van der Waals surface area contributed by atoms with E-state index in [0.29, 0.717) is 11.5 Å². The molecule has 0 radical (unpaired) electrons. The topological polar surface area (TPSA) is 35.5 Å². The Bertz CT molecular complexity index is 376. The van der Waals surface area contributed by atoms with Gasteiger partial charge in [0.1, 0.15) is 0 Å². The van der Waals surface area contributed by atoms with Crippen molar-refractivity contribution in [2.24, 2.45) is 0 Å². The standard InChI is InChI=1S/C8H4Cl2O3/c9-5-2-7-6(12-3-13-7)1-4(5)8(10)11/h1-2H,3H2. The monoisotopic (exact) mass is 218 g/mol. The summed E-state index contributed by atoms with van der Waals surface area (Å²) in [6.45, 7) is 0.144. The number of ether oxygens (including phenoxy) is 2. The Morgan fingerprint density at radius 1 is 1.31 bits per heavy atom. The van der Waals surface area contributed by atoms with Crippen molar-refractivity contribution in [2.45, 2.75) is 0 Å². The van der Waals surface area contributed by atoms with Gasteiger partial charge in [-0.25, -0.2) is 0 Å². The smallest absolute Gasteiger partial charge is 0.254 e. The van der Waals surface area contributed by atoms with Crippen LogP contribution < -0.4 is 9.47 Å². The summed E-state index contributed by atoms with van der Waals surface area (Å²) in [5.74, 6) is 1.03. The average Bonchev–Trinajstić information content (AvgIpc) is 2.48. The van der Waals surface area contributed by atoms with E-state index in [1.807, 2.05) is 0 Å². The van der Waals surface area contributed by atoms with E-state index < -0.39 is 5.24 Å². The van der Waals surface area contributed by atoms with Crippen LogP contribution in [0.4, 0.5) is 0 Å². The van der Waals surface area contributed by atoms with Crippen molar-refractivity contribution in [1.29, 1.82) is 0 Å². The minimum atomic E-state index is -0.608. The second-order valence-electron chi connectivity index (χ2n) is 2.46. The van der Waals surface area contributed by atoms with Crippen molar-refractivity contribution in [1.82, 2.24) is 0 Å². The zero-order chi connectivity index (χ0) is 9.42. The van der Waals surface area contributed by atoms with Crippen molar-refractivity contribution in [2.75, 3.05) is 6.79 Å². The first kappa shape index (κ1) is 8.66. The molecule has 1 aromatic rings. The average molecular weight is 219 g/mol. The summed E-state index contributed by atoms with van der Waals surface area (Å²) in [6.07, 6.45) is 0. The Hall–Kier alpha value is -0.930. The van der Waals surface area contributed by atoms with Crippen LogP contribution in [-0.4, -0.2) is 12.0 Å². The number of hydrogen-bond acceptors (Lipinski definition) is 3. The summed E-state index contributed by atoms with van der Waals surface area (Å²) in [4.78, 5) is 10.9. The largest absolute Gasteiger partial charge is 0.454 e. The molecule has 0 aliphatic carbocycles. The summed E-state index contributed by atoms with van der Waals surface area (Å²) >= 11 is 11.1. The van der Waals surface area contributed by atoms with Crippen molar-refractivity contribution < 1.29 is 14.3 Å². The van der Waals surface area contributed by atoms with Crippen LogP contribution in [-0.2, 0) is 0 Å². The molecule has 0 saturated carbocycles. The van der Waals surface area contributed by atoms with Crippen molar-refractivity contribution in [3.8, 4) is 11.5 Å². The third kappa shape index (κ3) is 1.45. The maximum absolute atomic E-state index is 10.9. The van der Waals surface area contributed by atoms with Crippen LogP contribution in [0, 0.1) is 0 Å². The fourth-order valence-corrected chi connectivity index (χ4v) is 1.51. The fourth-order valence-electron chi connectivity index (χ4n) is 1.07.